The molecule has 0 aromatic carbocycles. The molecule has 3 unspecified atom stereocenters. The molecule has 210 valence electrons. The lowest BCUT2D eigenvalue weighted by molar-refractivity contribution is -0.143. The number of carbonyl (C=O) groups is 3. The second kappa shape index (κ2) is 19.4. The molecule has 0 spiro atoms. The molecule has 9 heteroatoms. The van der Waals surface area contributed by atoms with E-state index in [1.54, 1.807) is 9.80 Å². The molecule has 0 aliphatic carbocycles. The highest BCUT2D eigenvalue weighted by Crippen LogP contribution is 2.16. The maximum atomic E-state index is 13.0. The van der Waals surface area contributed by atoms with E-state index in [0.717, 1.165) is 44.9 Å². The molecule has 1 saturated heterocycles. The van der Waals surface area contributed by atoms with Crippen molar-refractivity contribution in [2.75, 3.05) is 39.5 Å². The Hall–Kier alpha value is -1.71. The van der Waals surface area contributed by atoms with Crippen molar-refractivity contribution < 1.29 is 29.3 Å². The number of amides is 2. The average Bonchev–Trinajstić information content (AvgIpc) is 2.86. The number of nitrogens with one attached hydrogen (secondary N) is 1. The first-order chi connectivity index (χ1) is 17.3. The second-order valence-electron chi connectivity index (χ2n) is 10.1. The molecule has 9 nitrogen and oxygen atoms in total. The summed E-state index contributed by atoms with van der Waals surface area (Å²) in [6.07, 6.45) is 9.22. The summed E-state index contributed by atoms with van der Waals surface area (Å²) < 4.78 is 5.31. The Morgan fingerprint density at radius 1 is 0.750 bits per heavy atom. The van der Waals surface area contributed by atoms with Crippen LogP contribution in [0.1, 0.15) is 97.8 Å². The number of carbonyl (C=O) groups excluding carboxylic acids is 3. The lowest BCUT2D eigenvalue weighted by Gasteiger charge is -2.32. The number of nitrogens with zero attached hydrogens (tertiary/aromatic N) is 2. The highest BCUT2D eigenvalue weighted by atomic mass is 16.5. The highest BCUT2D eigenvalue weighted by Gasteiger charge is 2.24. The van der Waals surface area contributed by atoms with Crippen LogP contribution in [0.25, 0.3) is 0 Å². The first kappa shape index (κ1) is 32.3. The van der Waals surface area contributed by atoms with Crippen molar-refractivity contribution in [2.24, 2.45) is 0 Å². The van der Waals surface area contributed by atoms with Crippen LogP contribution in [0, 0.1) is 0 Å². The molecule has 0 aromatic rings. The Morgan fingerprint density at radius 3 is 1.89 bits per heavy atom. The molecule has 0 bridgehead atoms. The summed E-state index contributed by atoms with van der Waals surface area (Å²) in [4.78, 5) is 41.3. The topological polar surface area (TPSA) is 119 Å². The first-order valence-corrected chi connectivity index (χ1v) is 14.0. The fourth-order valence-corrected chi connectivity index (χ4v) is 4.73. The Morgan fingerprint density at radius 2 is 1.28 bits per heavy atom. The predicted octanol–water partition coefficient (Wildman–Crippen LogP) is 2.62. The summed E-state index contributed by atoms with van der Waals surface area (Å²) in [7, 11) is 0. The third kappa shape index (κ3) is 13.6. The van der Waals surface area contributed by atoms with Gasteiger partial charge < -0.3 is 30.1 Å². The van der Waals surface area contributed by atoms with Gasteiger partial charge in [0.05, 0.1) is 13.2 Å². The number of esters is 1. The predicted molar refractivity (Wildman–Crippen MR) is 140 cm³/mol. The van der Waals surface area contributed by atoms with Crippen LogP contribution >= 0.6 is 0 Å². The summed E-state index contributed by atoms with van der Waals surface area (Å²) in [5, 5.41) is 22.3. The van der Waals surface area contributed by atoms with Gasteiger partial charge >= 0.3 is 5.97 Å². The average molecular weight is 514 g/mol. The van der Waals surface area contributed by atoms with Crippen LogP contribution in [-0.4, -0.2) is 95.4 Å². The number of cyclic esters (lactones) is 1. The maximum Gasteiger partial charge on any atom is 0.305 e. The zero-order valence-corrected chi connectivity index (χ0v) is 22.9. The fourth-order valence-electron chi connectivity index (χ4n) is 4.73. The maximum absolute atomic E-state index is 13.0. The van der Waals surface area contributed by atoms with Gasteiger partial charge in [0.15, 0.2) is 0 Å². The van der Waals surface area contributed by atoms with Crippen molar-refractivity contribution in [3.63, 3.8) is 0 Å². The van der Waals surface area contributed by atoms with Crippen molar-refractivity contribution >= 4 is 17.8 Å². The standard InChI is InChI=1S/C27H51N3O6/c1-22-12-14-25(33)30(18-20-32)24(3)13-15-26(34)29(17-19-31)23(2)10-8-6-4-5-7-9-11-27(35)36-21-16-28-22/h22-24,28,31-32H,4-21H2,1-3H3. The molecule has 1 aliphatic heterocycles. The van der Waals surface area contributed by atoms with Crippen molar-refractivity contribution in [3.8, 4) is 0 Å². The van der Waals surface area contributed by atoms with Crippen molar-refractivity contribution in [1.82, 2.24) is 15.1 Å². The fraction of sp³-hybridized carbons (Fsp3) is 0.889. The van der Waals surface area contributed by atoms with Gasteiger partial charge in [-0.25, -0.2) is 0 Å². The Bertz CT molecular complexity index is 633. The number of β-amino-alcohol motifs (C(OH)–C–C–N with tert-alkyl or cyclic N) is 2. The molecule has 1 rings (SSSR count). The Balaban J connectivity index is 2.78. The SMILES string of the molecule is CC1CCC(=O)N(CCO)C(C)CCC(=O)N(CCO)C(C)CCCCCCCCC(=O)OCCN1. The van der Waals surface area contributed by atoms with E-state index < -0.39 is 0 Å². The summed E-state index contributed by atoms with van der Waals surface area (Å²) in [5.74, 6) is -0.205. The molecule has 1 heterocycles. The number of aliphatic hydroxyl groups excluding tert-OH is 2. The van der Waals surface area contributed by atoms with E-state index in [0.29, 0.717) is 51.8 Å². The van der Waals surface area contributed by atoms with Crippen LogP contribution in [-0.2, 0) is 19.1 Å². The van der Waals surface area contributed by atoms with Crippen molar-refractivity contribution in [3.05, 3.63) is 0 Å². The molecule has 1 fully saturated rings. The Kier molecular flexibility index (Phi) is 17.4. The lowest BCUT2D eigenvalue weighted by Crippen LogP contribution is -2.43. The van der Waals surface area contributed by atoms with E-state index >= 15 is 0 Å². The number of hydrogen-bond acceptors (Lipinski definition) is 7. The third-order valence-electron chi connectivity index (χ3n) is 7.06. The van der Waals surface area contributed by atoms with Crippen LogP contribution in [0.5, 0.6) is 0 Å². The van der Waals surface area contributed by atoms with Crippen LogP contribution in [0.15, 0.2) is 0 Å². The minimum atomic E-state index is -0.173. The van der Waals surface area contributed by atoms with Gasteiger partial charge in [0, 0.05) is 57.0 Å². The minimum absolute atomic E-state index is 0.000961. The van der Waals surface area contributed by atoms with Gasteiger partial charge in [-0.05, 0) is 46.5 Å². The molecular weight excluding hydrogens is 462 g/mol. The molecule has 3 N–H and O–H groups in total. The summed E-state index contributed by atoms with van der Waals surface area (Å²) in [6, 6.07) is -0.0443. The molecular formula is C27H51N3O6. The summed E-state index contributed by atoms with van der Waals surface area (Å²) in [6.45, 7) is 7.16. The second-order valence-corrected chi connectivity index (χ2v) is 10.1. The highest BCUT2D eigenvalue weighted by molar-refractivity contribution is 5.78. The van der Waals surface area contributed by atoms with E-state index in [2.05, 4.69) is 5.32 Å². The van der Waals surface area contributed by atoms with Gasteiger partial charge in [-0.2, -0.15) is 0 Å². The van der Waals surface area contributed by atoms with Gasteiger partial charge in [-0.1, -0.05) is 32.1 Å². The molecule has 1 aliphatic rings. The van der Waals surface area contributed by atoms with Crippen LogP contribution in [0.3, 0.4) is 0 Å². The summed E-state index contributed by atoms with van der Waals surface area (Å²) in [5.41, 5.74) is 0. The smallest absolute Gasteiger partial charge is 0.305 e. The summed E-state index contributed by atoms with van der Waals surface area (Å²) >= 11 is 0. The zero-order valence-electron chi connectivity index (χ0n) is 22.9. The molecule has 2 amide bonds. The number of ether oxygens (including phenoxy) is 1. The van der Waals surface area contributed by atoms with Crippen LogP contribution in [0.4, 0.5) is 0 Å². The largest absolute Gasteiger partial charge is 0.464 e. The molecule has 0 radical (unpaired) electrons. The van der Waals surface area contributed by atoms with E-state index in [9.17, 15) is 24.6 Å². The van der Waals surface area contributed by atoms with Crippen molar-refractivity contribution in [1.29, 1.82) is 0 Å². The minimum Gasteiger partial charge on any atom is -0.464 e. The van der Waals surface area contributed by atoms with Gasteiger partial charge in [-0.15, -0.1) is 0 Å². The zero-order chi connectivity index (χ0) is 26.8. The van der Waals surface area contributed by atoms with E-state index in [-0.39, 0.29) is 55.7 Å². The lowest BCUT2D eigenvalue weighted by atomic mass is 10.0. The van der Waals surface area contributed by atoms with Gasteiger partial charge in [0.1, 0.15) is 6.61 Å². The van der Waals surface area contributed by atoms with Crippen LogP contribution < -0.4 is 5.32 Å². The molecule has 0 aromatic heterocycles. The molecule has 3 atom stereocenters. The van der Waals surface area contributed by atoms with Gasteiger partial charge in [0.2, 0.25) is 11.8 Å². The molecule has 36 heavy (non-hydrogen) atoms. The van der Waals surface area contributed by atoms with E-state index in [1.807, 2.05) is 20.8 Å². The normalized spacial score (nSPS) is 26.4. The quantitative estimate of drug-likeness (QED) is 0.494. The monoisotopic (exact) mass is 513 g/mol. The molecule has 0 saturated carbocycles. The Labute approximate surface area is 217 Å². The van der Waals surface area contributed by atoms with E-state index in [4.69, 9.17) is 4.74 Å². The number of rotatable bonds is 4. The third-order valence-corrected chi connectivity index (χ3v) is 7.06. The van der Waals surface area contributed by atoms with Gasteiger partial charge in [-0.3, -0.25) is 14.4 Å². The van der Waals surface area contributed by atoms with Crippen molar-refractivity contribution in [2.45, 2.75) is 116 Å². The number of aliphatic hydroxyl groups is 2. The van der Waals surface area contributed by atoms with Crippen LogP contribution in [0.2, 0.25) is 0 Å². The first-order valence-electron chi connectivity index (χ1n) is 14.0. The van der Waals surface area contributed by atoms with Gasteiger partial charge in [0.25, 0.3) is 0 Å². The van der Waals surface area contributed by atoms with E-state index in [1.165, 1.54) is 0 Å². The number of hydrogen-bond donors (Lipinski definition) is 3.